The third kappa shape index (κ3) is 4.20. The lowest BCUT2D eigenvalue weighted by molar-refractivity contribution is -0.153. The monoisotopic (exact) mass is 552 g/mol. The molecule has 1 heterocycles. The molecule has 4 fully saturated rings. The van der Waals surface area contributed by atoms with Crippen LogP contribution in [0.2, 0.25) is 0 Å². The Hall–Kier alpha value is -2.39. The van der Waals surface area contributed by atoms with Crippen molar-refractivity contribution in [2.24, 2.45) is 34.5 Å². The Morgan fingerprint density at radius 1 is 0.805 bits per heavy atom. The summed E-state index contributed by atoms with van der Waals surface area (Å²) in [7, 11) is 0. The maximum Gasteiger partial charge on any atom is 0.302 e. The van der Waals surface area contributed by atoms with Crippen molar-refractivity contribution >= 4 is 5.97 Å². The molecule has 0 N–H and O–H groups in total. The van der Waals surface area contributed by atoms with Crippen molar-refractivity contribution in [3.63, 3.8) is 0 Å². The van der Waals surface area contributed by atoms with Gasteiger partial charge in [-0.15, -0.1) is 0 Å². The molecule has 1 aliphatic heterocycles. The van der Waals surface area contributed by atoms with Crippen molar-refractivity contribution < 1.29 is 14.3 Å². The number of rotatable bonds is 4. The van der Waals surface area contributed by atoms with Crippen molar-refractivity contribution in [3.05, 3.63) is 83.4 Å². The van der Waals surface area contributed by atoms with Crippen molar-refractivity contribution in [2.45, 2.75) is 109 Å². The van der Waals surface area contributed by atoms with Crippen LogP contribution in [-0.4, -0.2) is 17.7 Å². The molecule has 2 aromatic rings. The summed E-state index contributed by atoms with van der Waals surface area (Å²) >= 11 is 0. The van der Waals surface area contributed by atoms with Crippen LogP contribution in [0, 0.1) is 34.5 Å². The van der Waals surface area contributed by atoms with E-state index in [-0.39, 0.29) is 28.7 Å². The number of benzene rings is 2. The zero-order valence-corrected chi connectivity index (χ0v) is 25.5. The molecule has 0 spiro atoms. The average Bonchev–Trinajstić information content (AvgIpc) is 3.53. The Bertz CT molecular complexity index is 1280. The molecule has 3 nitrogen and oxygen atoms in total. The number of hydrogen-bond acceptors (Lipinski definition) is 3. The number of ether oxygens (including phenoxy) is 2. The highest BCUT2D eigenvalue weighted by molar-refractivity contribution is 5.66. The molecule has 1 saturated heterocycles. The van der Waals surface area contributed by atoms with E-state index in [2.05, 4.69) is 87.5 Å². The van der Waals surface area contributed by atoms with E-state index in [0.29, 0.717) is 11.3 Å². The summed E-state index contributed by atoms with van der Waals surface area (Å²) in [6, 6.07) is 22.0. The van der Waals surface area contributed by atoms with Crippen LogP contribution in [-0.2, 0) is 19.9 Å². The SMILES string of the molecule is CC(=O)O[C@H]1CC[C@@]2(C)C(=CC[C@@H]3[C@H]4CC[C@@H]([C@@]5(C)CCC(c6ccccc6)(c6ccccc6)O5)[C@@]4(C)CC[C@H]32)C1. The van der Waals surface area contributed by atoms with Crippen molar-refractivity contribution in [1.82, 2.24) is 0 Å². The molecule has 8 atom stereocenters. The van der Waals surface area contributed by atoms with Crippen molar-refractivity contribution in [2.75, 3.05) is 0 Å². The smallest absolute Gasteiger partial charge is 0.302 e. The fraction of sp³-hybridized carbons (Fsp3) is 0.605. The summed E-state index contributed by atoms with van der Waals surface area (Å²) in [5.74, 6) is 2.71. The molecule has 0 aromatic heterocycles. The van der Waals surface area contributed by atoms with Crippen LogP contribution < -0.4 is 0 Å². The van der Waals surface area contributed by atoms with E-state index in [1.165, 1.54) is 43.2 Å². The normalized spacial score (nSPS) is 41.1. The number of esters is 1. The zero-order chi connectivity index (χ0) is 28.5. The highest BCUT2D eigenvalue weighted by Gasteiger charge is 2.64. The predicted molar refractivity (Wildman–Crippen MR) is 163 cm³/mol. The van der Waals surface area contributed by atoms with Crippen LogP contribution in [0.1, 0.15) is 103 Å². The first-order valence-corrected chi connectivity index (χ1v) is 16.4. The predicted octanol–water partition coefficient (Wildman–Crippen LogP) is 9.01. The molecule has 4 aliphatic carbocycles. The average molecular weight is 553 g/mol. The van der Waals surface area contributed by atoms with Gasteiger partial charge in [-0.3, -0.25) is 4.79 Å². The Balaban J connectivity index is 1.17. The Kier molecular flexibility index (Phi) is 6.58. The minimum absolute atomic E-state index is 0.0713. The molecule has 5 aliphatic rings. The summed E-state index contributed by atoms with van der Waals surface area (Å²) in [6.07, 6.45) is 14.3. The summed E-state index contributed by atoms with van der Waals surface area (Å²) < 4.78 is 13.2. The number of fused-ring (bicyclic) bond motifs is 5. The standard InChI is InChI=1S/C38H48O3/c1-26(39)40-30-19-21-35(2)29(25-30)15-16-31-32-17-18-34(36(32,3)22-20-33(31)35)37(4)23-24-38(41-37,27-11-7-5-8-12-27)28-13-9-6-10-14-28/h5-15,30-34H,16-25H2,1-4H3/t30-,31+,32+,33+,34+,35-,36-,37+/m0/s1. The van der Waals surface area contributed by atoms with Gasteiger partial charge in [-0.05, 0) is 110 Å². The molecule has 3 saturated carbocycles. The fourth-order valence-electron chi connectivity index (χ4n) is 11.1. The molecule has 0 radical (unpaired) electrons. The molecule has 0 amide bonds. The van der Waals surface area contributed by atoms with Gasteiger partial charge < -0.3 is 9.47 Å². The molecular weight excluding hydrogens is 504 g/mol. The first-order valence-electron chi connectivity index (χ1n) is 16.4. The summed E-state index contributed by atoms with van der Waals surface area (Å²) in [5, 5.41) is 0. The highest BCUT2D eigenvalue weighted by atomic mass is 16.5. The maximum atomic E-state index is 11.7. The second kappa shape index (κ2) is 9.83. The third-order valence-corrected chi connectivity index (χ3v) is 13.0. The van der Waals surface area contributed by atoms with Crippen LogP contribution in [0.25, 0.3) is 0 Å². The summed E-state index contributed by atoms with van der Waals surface area (Å²) in [4.78, 5) is 11.7. The van der Waals surface area contributed by atoms with Crippen LogP contribution in [0.3, 0.4) is 0 Å². The van der Waals surface area contributed by atoms with Gasteiger partial charge in [-0.2, -0.15) is 0 Å². The van der Waals surface area contributed by atoms with Crippen molar-refractivity contribution in [1.29, 1.82) is 0 Å². The largest absolute Gasteiger partial charge is 0.462 e. The number of carbonyl (C=O) groups is 1. The maximum absolute atomic E-state index is 11.7. The molecule has 0 bridgehead atoms. The number of allylic oxidation sites excluding steroid dienone is 1. The molecule has 7 rings (SSSR count). The minimum Gasteiger partial charge on any atom is -0.462 e. The van der Waals surface area contributed by atoms with Gasteiger partial charge in [0.25, 0.3) is 0 Å². The minimum atomic E-state index is -0.376. The summed E-state index contributed by atoms with van der Waals surface area (Å²) in [6.45, 7) is 9.20. The van der Waals surface area contributed by atoms with Gasteiger partial charge in [0.1, 0.15) is 11.7 Å². The van der Waals surface area contributed by atoms with E-state index in [4.69, 9.17) is 9.47 Å². The van der Waals surface area contributed by atoms with Gasteiger partial charge in [0.2, 0.25) is 0 Å². The zero-order valence-electron chi connectivity index (χ0n) is 25.5. The second-order valence-corrected chi connectivity index (χ2v) is 14.9. The molecule has 218 valence electrons. The first kappa shape index (κ1) is 27.4. The lowest BCUT2D eigenvalue weighted by atomic mass is 9.46. The summed E-state index contributed by atoms with van der Waals surface area (Å²) in [5.41, 5.74) is 4.24. The lowest BCUT2D eigenvalue weighted by Gasteiger charge is -2.59. The van der Waals surface area contributed by atoms with Gasteiger partial charge >= 0.3 is 5.97 Å². The Labute approximate surface area is 247 Å². The van der Waals surface area contributed by atoms with Crippen LogP contribution in [0.4, 0.5) is 0 Å². The van der Waals surface area contributed by atoms with Crippen LogP contribution in [0.15, 0.2) is 72.3 Å². The van der Waals surface area contributed by atoms with Gasteiger partial charge in [0.15, 0.2) is 0 Å². The Morgan fingerprint density at radius 2 is 1.49 bits per heavy atom. The second-order valence-electron chi connectivity index (χ2n) is 14.9. The third-order valence-electron chi connectivity index (χ3n) is 13.0. The van der Waals surface area contributed by atoms with Gasteiger partial charge in [-0.25, -0.2) is 0 Å². The van der Waals surface area contributed by atoms with Gasteiger partial charge in [-0.1, -0.05) is 86.2 Å². The van der Waals surface area contributed by atoms with Crippen LogP contribution >= 0.6 is 0 Å². The van der Waals surface area contributed by atoms with E-state index in [0.717, 1.165) is 49.9 Å². The van der Waals surface area contributed by atoms with E-state index < -0.39 is 0 Å². The fourth-order valence-corrected chi connectivity index (χ4v) is 11.1. The molecule has 3 heteroatoms. The number of hydrogen-bond donors (Lipinski definition) is 0. The van der Waals surface area contributed by atoms with E-state index in [9.17, 15) is 4.79 Å². The van der Waals surface area contributed by atoms with Gasteiger partial charge in [0, 0.05) is 13.3 Å². The molecular formula is C38H48O3. The first-order chi connectivity index (χ1) is 19.7. The van der Waals surface area contributed by atoms with Crippen molar-refractivity contribution in [3.8, 4) is 0 Å². The molecule has 0 unspecified atom stereocenters. The van der Waals surface area contributed by atoms with E-state index in [1.54, 1.807) is 12.5 Å². The van der Waals surface area contributed by atoms with E-state index >= 15 is 0 Å². The quantitative estimate of drug-likeness (QED) is 0.280. The Morgan fingerprint density at radius 3 is 2.15 bits per heavy atom. The highest BCUT2D eigenvalue weighted by Crippen LogP contribution is 2.69. The molecule has 2 aromatic carbocycles. The van der Waals surface area contributed by atoms with Gasteiger partial charge in [0.05, 0.1) is 5.60 Å². The topological polar surface area (TPSA) is 35.5 Å². The van der Waals surface area contributed by atoms with E-state index in [1.807, 2.05) is 0 Å². The molecule has 41 heavy (non-hydrogen) atoms. The number of carbonyl (C=O) groups excluding carboxylic acids is 1. The van der Waals surface area contributed by atoms with Crippen LogP contribution in [0.5, 0.6) is 0 Å². The lowest BCUT2D eigenvalue weighted by Crippen LogP contribution is -2.53.